The van der Waals surface area contributed by atoms with E-state index < -0.39 is 0 Å². The molecule has 0 aliphatic rings. The third kappa shape index (κ3) is 3.46. The number of pyridine rings is 2. The first-order valence-corrected chi connectivity index (χ1v) is 8.75. The number of benzene rings is 1. The number of hydrogen-bond donors (Lipinski definition) is 2. The fourth-order valence-corrected chi connectivity index (χ4v) is 2.94. The molecular weight excluding hydrogens is 348 g/mol. The summed E-state index contributed by atoms with van der Waals surface area (Å²) < 4.78 is 0. The molecule has 0 aliphatic heterocycles. The fraction of sp³-hybridized carbons (Fsp3) is 0.0909. The van der Waals surface area contributed by atoms with Crippen LogP contribution >= 0.6 is 0 Å². The third-order valence-corrected chi connectivity index (χ3v) is 4.33. The van der Waals surface area contributed by atoms with Crippen LogP contribution in [0.2, 0.25) is 0 Å². The highest BCUT2D eigenvalue weighted by Gasteiger charge is 2.12. The molecular formula is C22H18N6. The van der Waals surface area contributed by atoms with Crippen molar-refractivity contribution in [3.05, 3.63) is 71.2 Å². The summed E-state index contributed by atoms with van der Waals surface area (Å²) in [6, 6.07) is 13.6. The summed E-state index contributed by atoms with van der Waals surface area (Å²) in [5.41, 5.74) is 17.3. The summed E-state index contributed by atoms with van der Waals surface area (Å²) in [6.45, 7) is 3.85. The highest BCUT2D eigenvalue weighted by atomic mass is 15.0. The van der Waals surface area contributed by atoms with Crippen molar-refractivity contribution in [3.63, 3.8) is 0 Å². The van der Waals surface area contributed by atoms with Crippen molar-refractivity contribution in [2.45, 2.75) is 13.8 Å². The summed E-state index contributed by atoms with van der Waals surface area (Å²) in [5.74, 6) is 6.95. The summed E-state index contributed by atoms with van der Waals surface area (Å²) in [4.78, 5) is 17.4. The van der Waals surface area contributed by atoms with E-state index in [0.29, 0.717) is 11.5 Å². The van der Waals surface area contributed by atoms with Crippen LogP contribution in [0.15, 0.2) is 48.7 Å². The topological polar surface area (TPSA) is 104 Å². The number of nitrogens with zero attached hydrogens (tertiary/aromatic N) is 4. The van der Waals surface area contributed by atoms with Gasteiger partial charge in [-0.1, -0.05) is 24.0 Å². The monoisotopic (exact) mass is 366 g/mol. The first kappa shape index (κ1) is 17.4. The first-order valence-electron chi connectivity index (χ1n) is 8.75. The maximum absolute atomic E-state index is 5.92. The van der Waals surface area contributed by atoms with Gasteiger partial charge in [0, 0.05) is 28.4 Å². The van der Waals surface area contributed by atoms with Gasteiger partial charge in [-0.05, 0) is 44.2 Å². The maximum Gasteiger partial charge on any atom is 0.220 e. The smallest absolute Gasteiger partial charge is 0.220 e. The molecule has 0 spiro atoms. The van der Waals surface area contributed by atoms with Crippen LogP contribution in [0.25, 0.3) is 22.2 Å². The number of nitrogen functional groups attached to an aromatic ring is 2. The van der Waals surface area contributed by atoms with Crippen molar-refractivity contribution in [2.75, 3.05) is 11.5 Å². The molecule has 0 unspecified atom stereocenters. The van der Waals surface area contributed by atoms with Crippen molar-refractivity contribution in [1.29, 1.82) is 0 Å². The van der Waals surface area contributed by atoms with E-state index in [1.165, 1.54) is 0 Å². The van der Waals surface area contributed by atoms with Gasteiger partial charge in [-0.15, -0.1) is 0 Å². The van der Waals surface area contributed by atoms with Gasteiger partial charge in [0.05, 0.1) is 22.5 Å². The molecule has 0 saturated heterocycles. The molecule has 0 aliphatic carbocycles. The van der Waals surface area contributed by atoms with Crippen molar-refractivity contribution in [3.8, 4) is 23.1 Å². The lowest BCUT2D eigenvalue weighted by Crippen LogP contribution is -2.03. The average Bonchev–Trinajstić information content (AvgIpc) is 2.67. The van der Waals surface area contributed by atoms with Gasteiger partial charge < -0.3 is 11.5 Å². The van der Waals surface area contributed by atoms with E-state index in [9.17, 15) is 0 Å². The van der Waals surface area contributed by atoms with E-state index in [-0.39, 0.29) is 5.95 Å². The zero-order chi connectivity index (χ0) is 19.7. The molecule has 6 nitrogen and oxygen atoms in total. The van der Waals surface area contributed by atoms with Gasteiger partial charge in [0.15, 0.2) is 0 Å². The lowest BCUT2D eigenvalue weighted by molar-refractivity contribution is 1.11. The van der Waals surface area contributed by atoms with Crippen molar-refractivity contribution >= 4 is 22.7 Å². The fourth-order valence-electron chi connectivity index (χ4n) is 2.94. The van der Waals surface area contributed by atoms with Crippen molar-refractivity contribution < 1.29 is 0 Å². The molecule has 1 aromatic carbocycles. The minimum Gasteiger partial charge on any atom is -0.384 e. The number of anilines is 2. The van der Waals surface area contributed by atoms with Crippen LogP contribution in [0.3, 0.4) is 0 Å². The Morgan fingerprint density at radius 3 is 2.50 bits per heavy atom. The van der Waals surface area contributed by atoms with Crippen molar-refractivity contribution in [1.82, 2.24) is 19.9 Å². The van der Waals surface area contributed by atoms with Crippen molar-refractivity contribution in [2.24, 2.45) is 0 Å². The molecule has 0 saturated carbocycles. The number of nitrogens with two attached hydrogens (primary N) is 2. The molecule has 136 valence electrons. The Labute approximate surface area is 162 Å². The Hall–Kier alpha value is -3.98. The van der Waals surface area contributed by atoms with Crippen LogP contribution in [0.1, 0.15) is 22.5 Å². The molecule has 0 bridgehead atoms. The highest BCUT2D eigenvalue weighted by molar-refractivity contribution is 5.85. The van der Waals surface area contributed by atoms with Gasteiger partial charge >= 0.3 is 0 Å². The zero-order valence-corrected chi connectivity index (χ0v) is 15.6. The molecule has 6 heteroatoms. The van der Waals surface area contributed by atoms with Gasteiger partial charge in [-0.3, -0.25) is 4.98 Å². The molecule has 0 fully saturated rings. The number of aryl methyl sites for hydroxylation is 2. The number of aromatic nitrogens is 4. The van der Waals surface area contributed by atoms with E-state index in [0.717, 1.165) is 39.0 Å². The normalized spacial score (nSPS) is 10.5. The van der Waals surface area contributed by atoms with Crippen LogP contribution in [0, 0.1) is 25.7 Å². The second-order valence-electron chi connectivity index (χ2n) is 6.47. The van der Waals surface area contributed by atoms with E-state index in [1.54, 1.807) is 12.3 Å². The van der Waals surface area contributed by atoms with Crippen LogP contribution in [-0.2, 0) is 0 Å². The highest BCUT2D eigenvalue weighted by Crippen LogP contribution is 2.27. The molecule has 4 N–H and O–H groups in total. The molecule has 0 radical (unpaired) electrons. The molecule has 28 heavy (non-hydrogen) atoms. The van der Waals surface area contributed by atoms with Gasteiger partial charge in [0.2, 0.25) is 5.95 Å². The minimum atomic E-state index is 0.217. The van der Waals surface area contributed by atoms with Gasteiger partial charge in [0.1, 0.15) is 5.82 Å². The minimum absolute atomic E-state index is 0.217. The molecule has 0 amide bonds. The second kappa shape index (κ2) is 6.97. The lowest BCUT2D eigenvalue weighted by Gasteiger charge is -2.09. The van der Waals surface area contributed by atoms with Crippen LogP contribution < -0.4 is 11.5 Å². The van der Waals surface area contributed by atoms with E-state index >= 15 is 0 Å². The number of fused-ring (bicyclic) bond motifs is 1. The molecule has 3 aromatic heterocycles. The van der Waals surface area contributed by atoms with E-state index in [2.05, 4.69) is 31.8 Å². The number of hydrogen-bond acceptors (Lipinski definition) is 6. The Morgan fingerprint density at radius 1 is 0.857 bits per heavy atom. The Balaban J connectivity index is 1.85. The Bertz CT molecular complexity index is 1250. The van der Waals surface area contributed by atoms with Gasteiger partial charge in [-0.25, -0.2) is 15.0 Å². The number of rotatable bonds is 1. The maximum atomic E-state index is 5.92. The largest absolute Gasteiger partial charge is 0.384 e. The standard InChI is InChI=1S/C22H18N6/c1-13-3-6-16-11-17(7-9-19(16)26-13)21-18(14(2)27-22(24)28-21)8-4-15-5-10-20(23)25-12-15/h3,5-7,9-12H,1-2H3,(H2,23,25)(H2,24,27,28). The molecule has 0 atom stereocenters. The van der Waals surface area contributed by atoms with Crippen LogP contribution in [0.5, 0.6) is 0 Å². The predicted molar refractivity (Wildman–Crippen MR) is 111 cm³/mol. The molecule has 4 rings (SSSR count). The van der Waals surface area contributed by atoms with Gasteiger partial charge in [0.25, 0.3) is 0 Å². The third-order valence-electron chi connectivity index (χ3n) is 4.33. The molecule has 4 aromatic rings. The Kier molecular flexibility index (Phi) is 4.34. The van der Waals surface area contributed by atoms with Gasteiger partial charge in [-0.2, -0.15) is 0 Å². The zero-order valence-electron chi connectivity index (χ0n) is 15.6. The Morgan fingerprint density at radius 2 is 1.71 bits per heavy atom. The summed E-state index contributed by atoms with van der Waals surface area (Å²) in [6.07, 6.45) is 1.64. The second-order valence-corrected chi connectivity index (χ2v) is 6.47. The predicted octanol–water partition coefficient (Wildman–Crippen LogP) is 3.27. The summed E-state index contributed by atoms with van der Waals surface area (Å²) in [7, 11) is 0. The first-order chi connectivity index (χ1) is 13.5. The van der Waals surface area contributed by atoms with E-state index in [4.69, 9.17) is 11.5 Å². The van der Waals surface area contributed by atoms with E-state index in [1.807, 2.05) is 50.2 Å². The SMILES string of the molecule is Cc1ccc2cc(-c3nc(N)nc(C)c3C#Cc3ccc(N)nc3)ccc2n1. The summed E-state index contributed by atoms with van der Waals surface area (Å²) in [5, 5.41) is 1.03. The molecule has 3 heterocycles. The summed E-state index contributed by atoms with van der Waals surface area (Å²) >= 11 is 0. The van der Waals surface area contributed by atoms with Crippen LogP contribution in [-0.4, -0.2) is 19.9 Å². The van der Waals surface area contributed by atoms with Crippen LogP contribution in [0.4, 0.5) is 11.8 Å². The average molecular weight is 366 g/mol. The quantitative estimate of drug-likeness (QED) is 0.501. The lowest BCUT2D eigenvalue weighted by atomic mass is 10.0.